The summed E-state index contributed by atoms with van der Waals surface area (Å²) in [6.07, 6.45) is 4.51. The van der Waals surface area contributed by atoms with E-state index < -0.39 is 0 Å². The van der Waals surface area contributed by atoms with Gasteiger partial charge in [0.25, 0.3) is 5.91 Å². The number of aromatic nitrogens is 2. The molecule has 0 saturated carbocycles. The van der Waals surface area contributed by atoms with Crippen LogP contribution in [0.5, 0.6) is 6.01 Å². The molecule has 176 valence electrons. The number of rotatable bonds is 4. The number of ether oxygens (including phenoxy) is 1. The van der Waals surface area contributed by atoms with Crippen LogP contribution in [0.15, 0.2) is 12.1 Å². The van der Waals surface area contributed by atoms with Gasteiger partial charge < -0.3 is 19.4 Å². The molecule has 2 amide bonds. The Balaban J connectivity index is 1.82. The first kappa shape index (κ1) is 23.7. The van der Waals surface area contributed by atoms with Crippen molar-refractivity contribution in [3.05, 3.63) is 34.4 Å². The molecule has 2 aromatic rings. The third-order valence-corrected chi connectivity index (χ3v) is 6.56. The van der Waals surface area contributed by atoms with E-state index in [-0.39, 0.29) is 18.5 Å². The second kappa shape index (κ2) is 10.2. The Labute approximate surface area is 198 Å². The standard InChI is InChI=1S/C22H30N6O3P2/c1-3-26-12-17-15-7-5-4-6-8-31-22-24-19(18(23-2)20(25-22)28(32)33)27(13-29)11-14(9-15)10-16(17)21(26)30/h9-10,13,23H,3-8,11-12,32-33H2,1-2H3. The zero-order valence-corrected chi connectivity index (χ0v) is 21.3. The van der Waals surface area contributed by atoms with E-state index in [0.717, 1.165) is 48.8 Å². The van der Waals surface area contributed by atoms with E-state index in [1.54, 1.807) is 11.5 Å². The number of hydrogen-bond acceptors (Lipinski definition) is 7. The fraction of sp³-hybridized carbons (Fsp3) is 0.455. The van der Waals surface area contributed by atoms with Gasteiger partial charge in [0.15, 0.2) is 11.6 Å². The van der Waals surface area contributed by atoms with Gasteiger partial charge in [-0.3, -0.25) is 14.5 Å². The minimum atomic E-state index is 0.0620. The fourth-order valence-electron chi connectivity index (χ4n) is 4.40. The van der Waals surface area contributed by atoms with Gasteiger partial charge in [-0.15, -0.1) is 0 Å². The number of nitrogens with zero attached hydrogens (tertiary/aromatic N) is 5. The molecule has 2 atom stereocenters. The van der Waals surface area contributed by atoms with Crippen LogP contribution in [0, 0.1) is 0 Å². The quantitative estimate of drug-likeness (QED) is 0.522. The molecule has 3 heterocycles. The summed E-state index contributed by atoms with van der Waals surface area (Å²) in [5, 5.41) is 3.12. The number of fused-ring (bicyclic) bond motifs is 6. The molecule has 0 saturated heterocycles. The SMILES string of the molecule is CCN1Cc2c3cc(cc2C1=O)CN(C=O)c1nc(nc(N(P)P)c1NC)OCCCCC3. The number of carbonyl (C=O) groups excluding carboxylic acids is 2. The minimum Gasteiger partial charge on any atom is -0.463 e. The lowest BCUT2D eigenvalue weighted by atomic mass is 9.95. The molecule has 1 N–H and O–H groups in total. The number of hydrogen-bond donors (Lipinski definition) is 1. The fourth-order valence-corrected chi connectivity index (χ4v) is 4.77. The predicted octanol–water partition coefficient (Wildman–Crippen LogP) is 3.15. The average Bonchev–Trinajstić information content (AvgIpc) is 3.14. The highest BCUT2D eigenvalue weighted by Gasteiger charge is 2.29. The summed E-state index contributed by atoms with van der Waals surface area (Å²) >= 11 is 0. The third-order valence-electron chi connectivity index (χ3n) is 6.07. The lowest BCUT2D eigenvalue weighted by Gasteiger charge is -2.24. The van der Waals surface area contributed by atoms with Gasteiger partial charge in [-0.2, -0.15) is 9.97 Å². The molecule has 11 heteroatoms. The van der Waals surface area contributed by atoms with E-state index in [0.29, 0.717) is 37.0 Å². The van der Waals surface area contributed by atoms with Crippen LogP contribution in [0.1, 0.15) is 53.2 Å². The van der Waals surface area contributed by atoms with Gasteiger partial charge in [-0.25, -0.2) is 0 Å². The van der Waals surface area contributed by atoms with Crippen LogP contribution in [0.2, 0.25) is 0 Å². The smallest absolute Gasteiger partial charge is 0.320 e. The molecule has 4 rings (SSSR count). The molecule has 2 aliphatic heterocycles. The number of carbonyl (C=O) groups is 2. The van der Waals surface area contributed by atoms with Crippen molar-refractivity contribution in [2.75, 3.05) is 34.9 Å². The maximum absolute atomic E-state index is 12.9. The van der Waals surface area contributed by atoms with Crippen molar-refractivity contribution < 1.29 is 14.3 Å². The molecule has 1 aromatic carbocycles. The monoisotopic (exact) mass is 488 g/mol. The van der Waals surface area contributed by atoms with Gasteiger partial charge in [0.05, 0.1) is 13.2 Å². The summed E-state index contributed by atoms with van der Waals surface area (Å²) in [4.78, 5) is 37.6. The van der Waals surface area contributed by atoms with E-state index >= 15 is 0 Å². The Morgan fingerprint density at radius 2 is 2.03 bits per heavy atom. The third kappa shape index (κ3) is 4.75. The van der Waals surface area contributed by atoms with Gasteiger partial charge in [0, 0.05) is 25.7 Å². The molecule has 0 spiro atoms. The summed E-state index contributed by atoms with van der Waals surface area (Å²) in [5.41, 5.74) is 4.56. The van der Waals surface area contributed by atoms with E-state index in [1.807, 2.05) is 17.9 Å². The zero-order valence-electron chi connectivity index (χ0n) is 19.0. The Morgan fingerprint density at radius 3 is 2.73 bits per heavy atom. The molecule has 2 unspecified atom stereocenters. The maximum Gasteiger partial charge on any atom is 0.320 e. The van der Waals surface area contributed by atoms with Crippen LogP contribution >= 0.6 is 18.8 Å². The lowest BCUT2D eigenvalue weighted by Crippen LogP contribution is -2.25. The van der Waals surface area contributed by atoms with E-state index in [4.69, 9.17) is 4.74 Å². The molecule has 33 heavy (non-hydrogen) atoms. The average molecular weight is 488 g/mol. The Kier molecular flexibility index (Phi) is 7.30. The largest absolute Gasteiger partial charge is 0.463 e. The highest BCUT2D eigenvalue weighted by atomic mass is 31.1. The second-order valence-corrected chi connectivity index (χ2v) is 9.89. The molecule has 2 aliphatic rings. The van der Waals surface area contributed by atoms with E-state index in [2.05, 4.69) is 40.1 Å². The van der Waals surface area contributed by atoms with Crippen LogP contribution in [0.4, 0.5) is 17.3 Å². The van der Waals surface area contributed by atoms with Gasteiger partial charge in [-0.05, 0) is 74.1 Å². The summed E-state index contributed by atoms with van der Waals surface area (Å²) in [6, 6.07) is 4.29. The first-order valence-electron chi connectivity index (χ1n) is 11.1. The Morgan fingerprint density at radius 1 is 1.21 bits per heavy atom. The summed E-state index contributed by atoms with van der Waals surface area (Å²) < 4.78 is 7.55. The van der Waals surface area contributed by atoms with Gasteiger partial charge >= 0.3 is 6.01 Å². The second-order valence-electron chi connectivity index (χ2n) is 8.18. The number of benzene rings is 1. The van der Waals surface area contributed by atoms with Crippen molar-refractivity contribution in [1.29, 1.82) is 0 Å². The Bertz CT molecular complexity index is 1060. The number of nitrogens with one attached hydrogen (secondary N) is 1. The van der Waals surface area contributed by atoms with Crippen molar-refractivity contribution in [3.63, 3.8) is 0 Å². The van der Waals surface area contributed by atoms with Crippen LogP contribution in [0.3, 0.4) is 0 Å². The van der Waals surface area contributed by atoms with Crippen LogP contribution in [-0.2, 0) is 24.3 Å². The van der Waals surface area contributed by atoms with Crippen LogP contribution in [-0.4, -0.2) is 47.4 Å². The lowest BCUT2D eigenvalue weighted by molar-refractivity contribution is -0.107. The van der Waals surface area contributed by atoms with Crippen molar-refractivity contribution in [2.45, 2.75) is 45.7 Å². The topological polar surface area (TPSA) is 90.9 Å². The van der Waals surface area contributed by atoms with Crippen molar-refractivity contribution in [3.8, 4) is 6.01 Å². The highest BCUT2D eigenvalue weighted by molar-refractivity contribution is 7.39. The molecular formula is C22H30N6O3P2. The molecule has 1 aromatic heterocycles. The predicted molar refractivity (Wildman–Crippen MR) is 136 cm³/mol. The van der Waals surface area contributed by atoms with Crippen molar-refractivity contribution in [2.24, 2.45) is 0 Å². The maximum atomic E-state index is 12.9. The van der Waals surface area contributed by atoms with Crippen molar-refractivity contribution in [1.82, 2.24) is 14.9 Å². The number of amides is 2. The normalized spacial score (nSPS) is 16.1. The van der Waals surface area contributed by atoms with Crippen molar-refractivity contribution >= 4 is 48.4 Å². The van der Waals surface area contributed by atoms with Crippen LogP contribution < -0.4 is 19.4 Å². The molecule has 9 nitrogen and oxygen atoms in total. The summed E-state index contributed by atoms with van der Waals surface area (Å²) in [7, 11) is 6.84. The van der Waals surface area contributed by atoms with Gasteiger partial charge in [-0.1, -0.05) is 6.07 Å². The Hall–Kier alpha value is -2.50. The minimum absolute atomic E-state index is 0.0620. The summed E-state index contributed by atoms with van der Waals surface area (Å²) in [6.45, 7) is 4.10. The van der Waals surface area contributed by atoms with Gasteiger partial charge in [0.1, 0.15) is 5.69 Å². The number of anilines is 3. The van der Waals surface area contributed by atoms with Crippen LogP contribution in [0.25, 0.3) is 0 Å². The summed E-state index contributed by atoms with van der Waals surface area (Å²) in [5.74, 6) is 1.05. The highest BCUT2D eigenvalue weighted by Crippen LogP contribution is 2.38. The molecular weight excluding hydrogens is 458 g/mol. The van der Waals surface area contributed by atoms with E-state index in [9.17, 15) is 9.59 Å². The first-order chi connectivity index (χ1) is 16.0. The molecule has 0 radical (unpaired) electrons. The molecule has 4 bridgehead atoms. The van der Waals surface area contributed by atoms with Gasteiger partial charge in [0.2, 0.25) is 6.41 Å². The first-order valence-corrected chi connectivity index (χ1v) is 12.2. The number of aryl methyl sites for hydroxylation is 1. The zero-order chi connectivity index (χ0) is 23.5. The molecule has 0 fully saturated rings. The molecule has 0 aliphatic carbocycles. The van der Waals surface area contributed by atoms with E-state index in [1.165, 1.54) is 10.5 Å².